The summed E-state index contributed by atoms with van der Waals surface area (Å²) in [5.74, 6) is 0.248. The number of esters is 1. The summed E-state index contributed by atoms with van der Waals surface area (Å²) in [7, 11) is 0. The lowest BCUT2D eigenvalue weighted by Crippen LogP contribution is -2.28. The third-order valence-electron chi connectivity index (χ3n) is 2.89. The summed E-state index contributed by atoms with van der Waals surface area (Å²) < 4.78 is 5.13. The predicted octanol–water partition coefficient (Wildman–Crippen LogP) is 2.15. The van der Waals surface area contributed by atoms with E-state index in [0.29, 0.717) is 5.92 Å². The topological polar surface area (TPSA) is 26.3 Å². The summed E-state index contributed by atoms with van der Waals surface area (Å²) in [6, 6.07) is 0. The predicted molar refractivity (Wildman–Crippen MR) is 47.6 cm³/mol. The van der Waals surface area contributed by atoms with Crippen LogP contribution in [0, 0.1) is 11.3 Å². The lowest BCUT2D eigenvalue weighted by molar-refractivity contribution is -0.148. The third kappa shape index (κ3) is 1.26. The van der Waals surface area contributed by atoms with Crippen molar-refractivity contribution >= 4 is 5.97 Å². The van der Waals surface area contributed by atoms with Crippen molar-refractivity contribution in [3.8, 4) is 0 Å². The van der Waals surface area contributed by atoms with E-state index in [1.165, 1.54) is 0 Å². The fourth-order valence-corrected chi connectivity index (χ4v) is 1.42. The molecule has 1 fully saturated rings. The van der Waals surface area contributed by atoms with E-state index < -0.39 is 0 Å². The lowest BCUT2D eigenvalue weighted by Gasteiger charge is -2.23. The van der Waals surface area contributed by atoms with Gasteiger partial charge in [0.1, 0.15) is 6.10 Å². The molecule has 12 heavy (non-hydrogen) atoms. The zero-order chi connectivity index (χ0) is 9.35. The standard InChI is InChI=1S/C10H16O2/c1-5-8-6-10(4,7(2)3)9(11)12-8/h5,7-8H,1,6H2,2-4H3/t8-,10+/m1/s1. The molecule has 0 radical (unpaired) electrons. The molecule has 1 heterocycles. The van der Waals surface area contributed by atoms with Crippen LogP contribution in [-0.2, 0) is 9.53 Å². The molecule has 1 rings (SSSR count). The Morgan fingerprint density at radius 3 is 2.58 bits per heavy atom. The lowest BCUT2D eigenvalue weighted by atomic mass is 9.77. The Balaban J connectivity index is 2.81. The van der Waals surface area contributed by atoms with Gasteiger partial charge in [0.2, 0.25) is 0 Å². The van der Waals surface area contributed by atoms with Crippen LogP contribution in [0.4, 0.5) is 0 Å². The van der Waals surface area contributed by atoms with Crippen molar-refractivity contribution in [2.24, 2.45) is 11.3 Å². The monoisotopic (exact) mass is 168 g/mol. The zero-order valence-corrected chi connectivity index (χ0v) is 7.96. The van der Waals surface area contributed by atoms with Crippen LogP contribution in [0.3, 0.4) is 0 Å². The van der Waals surface area contributed by atoms with Crippen molar-refractivity contribution < 1.29 is 9.53 Å². The molecule has 2 nitrogen and oxygen atoms in total. The molecular formula is C10H16O2. The van der Waals surface area contributed by atoms with Gasteiger partial charge in [0.15, 0.2) is 0 Å². The molecule has 1 saturated heterocycles. The van der Waals surface area contributed by atoms with E-state index in [1.54, 1.807) is 6.08 Å². The minimum atomic E-state index is -0.307. The first-order valence-corrected chi connectivity index (χ1v) is 4.34. The quantitative estimate of drug-likeness (QED) is 0.466. The van der Waals surface area contributed by atoms with Gasteiger partial charge in [-0.05, 0) is 12.8 Å². The second-order valence-corrected chi connectivity index (χ2v) is 3.96. The highest BCUT2D eigenvalue weighted by Gasteiger charge is 2.46. The van der Waals surface area contributed by atoms with Crippen LogP contribution < -0.4 is 0 Å². The first-order valence-electron chi connectivity index (χ1n) is 4.34. The van der Waals surface area contributed by atoms with Gasteiger partial charge in [-0.2, -0.15) is 0 Å². The Hall–Kier alpha value is -0.790. The third-order valence-corrected chi connectivity index (χ3v) is 2.89. The minimum Gasteiger partial charge on any atom is -0.458 e. The number of hydrogen-bond donors (Lipinski definition) is 0. The molecule has 0 bridgehead atoms. The van der Waals surface area contributed by atoms with Crippen molar-refractivity contribution in [1.29, 1.82) is 0 Å². The molecule has 0 aliphatic carbocycles. The number of hydrogen-bond acceptors (Lipinski definition) is 2. The van der Waals surface area contributed by atoms with Gasteiger partial charge in [-0.1, -0.05) is 26.5 Å². The van der Waals surface area contributed by atoms with E-state index in [-0.39, 0.29) is 17.5 Å². The van der Waals surface area contributed by atoms with Crippen LogP contribution in [-0.4, -0.2) is 12.1 Å². The molecule has 0 aromatic carbocycles. The highest BCUT2D eigenvalue weighted by atomic mass is 16.6. The molecule has 0 spiro atoms. The summed E-state index contributed by atoms with van der Waals surface area (Å²) >= 11 is 0. The second kappa shape index (κ2) is 2.92. The van der Waals surface area contributed by atoms with Crippen molar-refractivity contribution in [2.45, 2.75) is 33.3 Å². The molecule has 1 aliphatic heterocycles. The Morgan fingerprint density at radius 1 is 1.75 bits per heavy atom. The molecule has 2 atom stereocenters. The molecule has 2 heteroatoms. The fourth-order valence-electron chi connectivity index (χ4n) is 1.42. The van der Waals surface area contributed by atoms with E-state index in [4.69, 9.17) is 4.74 Å². The SMILES string of the molecule is C=C[C@@H]1C[C@@](C)(C(C)C)C(=O)O1. The normalized spacial score (nSPS) is 35.3. The average molecular weight is 168 g/mol. The van der Waals surface area contributed by atoms with Gasteiger partial charge < -0.3 is 4.74 Å². The molecule has 0 aromatic rings. The van der Waals surface area contributed by atoms with Crippen LogP contribution in [0.2, 0.25) is 0 Å². The summed E-state index contributed by atoms with van der Waals surface area (Å²) in [4.78, 5) is 11.4. The number of ether oxygens (including phenoxy) is 1. The van der Waals surface area contributed by atoms with Gasteiger partial charge >= 0.3 is 5.97 Å². The highest BCUT2D eigenvalue weighted by molar-refractivity contribution is 5.79. The summed E-state index contributed by atoms with van der Waals surface area (Å²) in [6.45, 7) is 9.68. The maximum absolute atomic E-state index is 11.4. The summed E-state index contributed by atoms with van der Waals surface area (Å²) in [6.07, 6.45) is 2.39. The number of carbonyl (C=O) groups is 1. The van der Waals surface area contributed by atoms with Crippen molar-refractivity contribution in [2.75, 3.05) is 0 Å². The number of rotatable bonds is 2. The van der Waals surface area contributed by atoms with E-state index in [1.807, 2.05) is 20.8 Å². The first-order chi connectivity index (χ1) is 5.50. The highest BCUT2D eigenvalue weighted by Crippen LogP contribution is 2.40. The number of carbonyl (C=O) groups excluding carboxylic acids is 1. The zero-order valence-electron chi connectivity index (χ0n) is 7.96. The Morgan fingerprint density at radius 2 is 2.33 bits per heavy atom. The second-order valence-electron chi connectivity index (χ2n) is 3.96. The van der Waals surface area contributed by atoms with E-state index >= 15 is 0 Å². The van der Waals surface area contributed by atoms with Crippen LogP contribution in [0.1, 0.15) is 27.2 Å². The van der Waals surface area contributed by atoms with Gasteiger partial charge in [0, 0.05) is 6.42 Å². The Bertz CT molecular complexity index is 208. The van der Waals surface area contributed by atoms with Crippen LogP contribution >= 0.6 is 0 Å². The van der Waals surface area contributed by atoms with E-state index in [0.717, 1.165) is 6.42 Å². The molecule has 0 amide bonds. The average Bonchev–Trinajstić information content (AvgIpc) is 2.29. The van der Waals surface area contributed by atoms with E-state index in [2.05, 4.69) is 6.58 Å². The molecular weight excluding hydrogens is 152 g/mol. The maximum atomic E-state index is 11.4. The minimum absolute atomic E-state index is 0.0788. The molecule has 0 aromatic heterocycles. The smallest absolute Gasteiger partial charge is 0.312 e. The maximum Gasteiger partial charge on any atom is 0.312 e. The van der Waals surface area contributed by atoms with Crippen molar-refractivity contribution in [3.63, 3.8) is 0 Å². The largest absolute Gasteiger partial charge is 0.458 e. The van der Waals surface area contributed by atoms with Crippen LogP contribution in [0.25, 0.3) is 0 Å². The van der Waals surface area contributed by atoms with Gasteiger partial charge in [0.05, 0.1) is 5.41 Å². The number of cyclic esters (lactones) is 1. The van der Waals surface area contributed by atoms with Crippen molar-refractivity contribution in [1.82, 2.24) is 0 Å². The van der Waals surface area contributed by atoms with Gasteiger partial charge in [0.25, 0.3) is 0 Å². The van der Waals surface area contributed by atoms with E-state index in [9.17, 15) is 4.79 Å². The molecule has 0 N–H and O–H groups in total. The van der Waals surface area contributed by atoms with Gasteiger partial charge in [-0.25, -0.2) is 0 Å². The van der Waals surface area contributed by atoms with Crippen LogP contribution in [0.15, 0.2) is 12.7 Å². The fraction of sp³-hybridized carbons (Fsp3) is 0.700. The Labute approximate surface area is 73.6 Å². The molecule has 68 valence electrons. The molecule has 0 saturated carbocycles. The molecule has 1 aliphatic rings. The molecule has 0 unspecified atom stereocenters. The van der Waals surface area contributed by atoms with Gasteiger partial charge in [-0.15, -0.1) is 0 Å². The summed E-state index contributed by atoms with van der Waals surface area (Å²) in [5.41, 5.74) is -0.307. The first kappa shape index (κ1) is 9.30. The van der Waals surface area contributed by atoms with Crippen molar-refractivity contribution in [3.05, 3.63) is 12.7 Å². The summed E-state index contributed by atoms with van der Waals surface area (Å²) in [5, 5.41) is 0. The Kier molecular flexibility index (Phi) is 2.27. The van der Waals surface area contributed by atoms with Crippen LogP contribution in [0.5, 0.6) is 0 Å². The van der Waals surface area contributed by atoms with Gasteiger partial charge in [-0.3, -0.25) is 4.79 Å².